The van der Waals surface area contributed by atoms with E-state index in [2.05, 4.69) is 11.4 Å². The zero-order chi connectivity index (χ0) is 22.8. The summed E-state index contributed by atoms with van der Waals surface area (Å²) in [5.74, 6) is -0.243. The summed E-state index contributed by atoms with van der Waals surface area (Å²) in [6.07, 6.45) is 0.135. The molecule has 0 spiro atoms. The van der Waals surface area contributed by atoms with Crippen LogP contribution in [0.2, 0.25) is 0 Å². The average Bonchev–Trinajstić information content (AvgIpc) is 2.66. The fraction of sp³-hybridized carbons (Fsp3) is 0.684. The van der Waals surface area contributed by atoms with Crippen molar-refractivity contribution in [2.45, 2.75) is 63.6 Å². The van der Waals surface area contributed by atoms with E-state index in [0.29, 0.717) is 12.0 Å². The van der Waals surface area contributed by atoms with Crippen LogP contribution in [0.25, 0.3) is 0 Å². The lowest BCUT2D eigenvalue weighted by atomic mass is 9.93. The first-order valence-corrected chi connectivity index (χ1v) is 11.4. The molecule has 7 nitrogen and oxygen atoms in total. The van der Waals surface area contributed by atoms with Gasteiger partial charge in [0.1, 0.15) is 5.75 Å². The van der Waals surface area contributed by atoms with Crippen molar-refractivity contribution in [3.05, 3.63) is 29.3 Å². The third-order valence-corrected chi connectivity index (χ3v) is 5.07. The van der Waals surface area contributed by atoms with Crippen molar-refractivity contribution >= 4 is 7.82 Å². The number of aliphatic hydroxyl groups excluding tert-OH is 1. The molecule has 1 aromatic carbocycles. The van der Waals surface area contributed by atoms with Crippen LogP contribution < -0.4 is 10.5 Å². The molecule has 0 aliphatic heterocycles. The largest absolute Gasteiger partial charge is 0.493 e. The summed E-state index contributed by atoms with van der Waals surface area (Å²) in [6.45, 7) is 0.980. The van der Waals surface area contributed by atoms with Gasteiger partial charge in [-0.15, -0.1) is 0 Å². The minimum Gasteiger partial charge on any atom is -0.493 e. The summed E-state index contributed by atoms with van der Waals surface area (Å²) >= 11 is 0. The number of hydrogen-bond donors (Lipinski definition) is 4. The Morgan fingerprint density at radius 1 is 1.13 bits per heavy atom. The summed E-state index contributed by atoms with van der Waals surface area (Å²) in [5.41, 5.74) is 3.76. The lowest BCUT2D eigenvalue weighted by molar-refractivity contribution is -0.139. The molecule has 11 heteroatoms. The number of rotatable bonds is 14. The van der Waals surface area contributed by atoms with Crippen molar-refractivity contribution < 1.29 is 41.9 Å². The van der Waals surface area contributed by atoms with Gasteiger partial charge < -0.3 is 25.4 Å². The molecule has 30 heavy (non-hydrogen) atoms. The van der Waals surface area contributed by atoms with E-state index in [-0.39, 0.29) is 25.2 Å². The molecule has 0 unspecified atom stereocenters. The van der Waals surface area contributed by atoms with Crippen LogP contribution in [0.3, 0.4) is 0 Å². The summed E-state index contributed by atoms with van der Waals surface area (Å²) < 4.78 is 60.8. The molecule has 1 rings (SSSR count). The van der Waals surface area contributed by atoms with Gasteiger partial charge in [0.25, 0.3) is 0 Å². The van der Waals surface area contributed by atoms with E-state index in [9.17, 15) is 22.8 Å². The predicted octanol–water partition coefficient (Wildman–Crippen LogP) is 3.79. The van der Waals surface area contributed by atoms with Crippen LogP contribution in [0.15, 0.2) is 18.2 Å². The van der Waals surface area contributed by atoms with Crippen molar-refractivity contribution in [1.29, 1.82) is 0 Å². The first-order valence-electron chi connectivity index (χ1n) is 9.83. The van der Waals surface area contributed by atoms with E-state index in [1.54, 1.807) is 0 Å². The van der Waals surface area contributed by atoms with Gasteiger partial charge in [-0.25, -0.2) is 4.57 Å². The highest BCUT2D eigenvalue weighted by Gasteiger charge is 2.35. The van der Waals surface area contributed by atoms with Gasteiger partial charge in [0.05, 0.1) is 30.9 Å². The molecule has 1 atom stereocenters. The average molecular weight is 457 g/mol. The van der Waals surface area contributed by atoms with Gasteiger partial charge in [-0.3, -0.25) is 4.52 Å². The highest BCUT2D eigenvalue weighted by molar-refractivity contribution is 7.46. The lowest BCUT2D eigenvalue weighted by Crippen LogP contribution is -2.48. The molecule has 0 radical (unpaired) electrons. The number of benzene rings is 1. The number of hydrogen-bond acceptors (Lipinski definition) is 5. The van der Waals surface area contributed by atoms with Crippen LogP contribution in [-0.4, -0.2) is 40.3 Å². The standard InChI is InChI=1S/C19H31F3NO6P/c1-2-3-4-5-6-11-28-17-8-7-15(12-16(17)19(20,21)22)9-10-18(23,13-24)14-29-30(25,26)27/h7-8,12,24H,2-6,9-11,13-14,23H2,1H3,(H2,25,26,27)/t18-/m1/s1. The topological polar surface area (TPSA) is 122 Å². The first kappa shape index (κ1) is 26.9. The summed E-state index contributed by atoms with van der Waals surface area (Å²) in [7, 11) is -4.78. The predicted molar refractivity (Wildman–Crippen MR) is 106 cm³/mol. The molecular formula is C19H31F3NO6P. The van der Waals surface area contributed by atoms with E-state index < -0.39 is 38.3 Å². The number of nitrogens with two attached hydrogens (primary N) is 1. The Kier molecular flexibility index (Phi) is 10.8. The minimum atomic E-state index is -4.78. The second kappa shape index (κ2) is 12.0. The Morgan fingerprint density at radius 2 is 1.80 bits per heavy atom. The van der Waals surface area contributed by atoms with Gasteiger partial charge in [-0.05, 0) is 37.0 Å². The molecule has 0 aliphatic rings. The maximum atomic E-state index is 13.4. The summed E-state index contributed by atoms with van der Waals surface area (Å²) in [4.78, 5) is 17.5. The monoisotopic (exact) mass is 457 g/mol. The van der Waals surface area contributed by atoms with Gasteiger partial charge in [0.15, 0.2) is 0 Å². The molecule has 5 N–H and O–H groups in total. The number of aryl methyl sites for hydroxylation is 1. The molecular weight excluding hydrogens is 426 g/mol. The molecule has 0 heterocycles. The second-order valence-corrected chi connectivity index (χ2v) is 8.61. The van der Waals surface area contributed by atoms with Crippen LogP contribution in [0.1, 0.15) is 56.6 Å². The van der Waals surface area contributed by atoms with E-state index in [1.165, 1.54) is 12.1 Å². The normalized spacial score (nSPS) is 14.5. The third-order valence-electron chi connectivity index (χ3n) is 4.60. The zero-order valence-corrected chi connectivity index (χ0v) is 17.9. The van der Waals surface area contributed by atoms with Crippen LogP contribution in [0, 0.1) is 0 Å². The smallest absolute Gasteiger partial charge is 0.469 e. The molecule has 174 valence electrons. The molecule has 0 aromatic heterocycles. The molecule has 0 bridgehead atoms. The SMILES string of the molecule is CCCCCCCOc1ccc(CC[C@@](N)(CO)COP(=O)(O)O)cc1C(F)(F)F. The zero-order valence-electron chi connectivity index (χ0n) is 17.0. The number of phosphoric ester groups is 1. The number of alkyl halides is 3. The third kappa shape index (κ3) is 10.2. The second-order valence-electron chi connectivity index (χ2n) is 7.38. The quantitative estimate of drug-likeness (QED) is 0.248. The summed E-state index contributed by atoms with van der Waals surface area (Å²) in [6, 6.07) is 3.70. The molecule has 0 saturated heterocycles. The molecule has 0 amide bonds. The highest BCUT2D eigenvalue weighted by atomic mass is 31.2. The number of phosphoric acid groups is 1. The minimum absolute atomic E-state index is 0.0432. The Hall–Kier alpha value is -1.16. The first-order chi connectivity index (χ1) is 13.9. The molecule has 0 saturated carbocycles. The van der Waals surface area contributed by atoms with Crippen LogP contribution in [0.5, 0.6) is 5.75 Å². The summed E-state index contributed by atoms with van der Waals surface area (Å²) in [5, 5.41) is 9.40. The van der Waals surface area contributed by atoms with Crippen LogP contribution in [0.4, 0.5) is 13.2 Å². The van der Waals surface area contributed by atoms with Gasteiger partial charge in [0.2, 0.25) is 0 Å². The molecule has 0 fully saturated rings. The number of halogens is 3. The van der Waals surface area contributed by atoms with Gasteiger partial charge >= 0.3 is 14.0 Å². The van der Waals surface area contributed by atoms with Crippen LogP contribution >= 0.6 is 7.82 Å². The molecule has 1 aromatic rings. The van der Waals surface area contributed by atoms with Crippen molar-refractivity contribution in [1.82, 2.24) is 0 Å². The van der Waals surface area contributed by atoms with E-state index >= 15 is 0 Å². The van der Waals surface area contributed by atoms with Gasteiger partial charge in [-0.2, -0.15) is 13.2 Å². The Morgan fingerprint density at radius 3 is 2.37 bits per heavy atom. The van der Waals surface area contributed by atoms with Crippen molar-refractivity contribution in [2.75, 3.05) is 19.8 Å². The fourth-order valence-corrected chi connectivity index (χ4v) is 3.20. The Balaban J connectivity index is 2.78. The van der Waals surface area contributed by atoms with Gasteiger partial charge in [-0.1, -0.05) is 38.7 Å². The fourth-order valence-electron chi connectivity index (χ4n) is 2.77. The number of unbranched alkanes of at least 4 members (excludes halogenated alkanes) is 4. The van der Waals surface area contributed by atoms with E-state index in [0.717, 1.165) is 31.7 Å². The van der Waals surface area contributed by atoms with Crippen molar-refractivity contribution in [2.24, 2.45) is 5.73 Å². The molecule has 0 aliphatic carbocycles. The van der Waals surface area contributed by atoms with Gasteiger partial charge in [0, 0.05) is 0 Å². The van der Waals surface area contributed by atoms with E-state index in [1.807, 2.05) is 0 Å². The van der Waals surface area contributed by atoms with Crippen LogP contribution in [-0.2, 0) is 21.7 Å². The lowest BCUT2D eigenvalue weighted by Gasteiger charge is -2.27. The van der Waals surface area contributed by atoms with E-state index in [4.69, 9.17) is 20.3 Å². The Bertz CT molecular complexity index is 697. The van der Waals surface area contributed by atoms with Crippen molar-refractivity contribution in [3.63, 3.8) is 0 Å². The van der Waals surface area contributed by atoms with Crippen molar-refractivity contribution in [3.8, 4) is 5.75 Å². The number of aliphatic hydroxyl groups is 1. The maximum Gasteiger partial charge on any atom is 0.469 e. The number of ether oxygens (including phenoxy) is 1. The maximum absolute atomic E-state index is 13.4. The highest BCUT2D eigenvalue weighted by Crippen LogP contribution is 2.38. The Labute approximate surface area is 174 Å².